The molecule has 0 bridgehead atoms. The smallest absolute Gasteiger partial charge is 0.271 e. The number of nitrogens with one attached hydrogen (secondary N) is 2. The lowest BCUT2D eigenvalue weighted by molar-refractivity contribution is 0.0946. The standard InChI is InChI=1S/C17H15F2N5OS/c1-9-5-10(2)22-16(21-9)24-17-23-14(8-26-17)15(25)20-7-11-3-4-12(18)6-13(11)19/h3-6,8H,7H2,1-2H3,(H,20,25)(H,21,22,23,24). The van der Waals surface area contributed by atoms with Gasteiger partial charge in [0, 0.05) is 34.9 Å². The van der Waals surface area contributed by atoms with Crippen molar-refractivity contribution >= 4 is 28.3 Å². The van der Waals surface area contributed by atoms with E-state index in [9.17, 15) is 13.6 Å². The topological polar surface area (TPSA) is 79.8 Å². The number of halogens is 2. The summed E-state index contributed by atoms with van der Waals surface area (Å²) in [5, 5.41) is 7.54. The number of nitrogens with zero attached hydrogens (tertiary/aromatic N) is 3. The predicted molar refractivity (Wildman–Crippen MR) is 94.4 cm³/mol. The fourth-order valence-electron chi connectivity index (χ4n) is 2.24. The largest absolute Gasteiger partial charge is 0.346 e. The molecule has 1 aromatic carbocycles. The van der Waals surface area contributed by atoms with Crippen molar-refractivity contribution in [1.82, 2.24) is 20.3 Å². The Bertz CT molecular complexity index is 940. The zero-order valence-electron chi connectivity index (χ0n) is 14.0. The van der Waals surface area contributed by atoms with Gasteiger partial charge in [0.25, 0.3) is 5.91 Å². The highest BCUT2D eigenvalue weighted by Gasteiger charge is 2.13. The second-order valence-corrected chi connectivity index (χ2v) is 6.41. The third-order valence-corrected chi connectivity index (χ3v) is 4.15. The van der Waals surface area contributed by atoms with Crippen LogP contribution in [0.15, 0.2) is 29.6 Å². The monoisotopic (exact) mass is 375 g/mol. The summed E-state index contributed by atoms with van der Waals surface area (Å²) in [6.45, 7) is 3.65. The van der Waals surface area contributed by atoms with Gasteiger partial charge in [-0.25, -0.2) is 23.7 Å². The van der Waals surface area contributed by atoms with Crippen molar-refractivity contribution in [3.05, 3.63) is 63.9 Å². The molecule has 2 heterocycles. The molecule has 3 aromatic rings. The number of aryl methyl sites for hydroxylation is 2. The molecule has 0 unspecified atom stereocenters. The van der Waals surface area contributed by atoms with Gasteiger partial charge in [-0.15, -0.1) is 11.3 Å². The maximum absolute atomic E-state index is 13.6. The van der Waals surface area contributed by atoms with Crippen molar-refractivity contribution in [3.8, 4) is 0 Å². The molecular formula is C17H15F2N5OS. The molecule has 0 aliphatic heterocycles. The molecule has 134 valence electrons. The molecule has 0 saturated heterocycles. The van der Waals surface area contributed by atoms with E-state index in [2.05, 4.69) is 25.6 Å². The van der Waals surface area contributed by atoms with Crippen LogP contribution in [0.25, 0.3) is 0 Å². The van der Waals surface area contributed by atoms with Gasteiger partial charge in [-0.1, -0.05) is 6.07 Å². The Labute approximate surface area is 152 Å². The third kappa shape index (κ3) is 4.37. The van der Waals surface area contributed by atoms with E-state index < -0.39 is 17.5 Å². The summed E-state index contributed by atoms with van der Waals surface area (Å²) < 4.78 is 26.5. The van der Waals surface area contributed by atoms with Crippen LogP contribution in [0.2, 0.25) is 0 Å². The first-order chi connectivity index (χ1) is 12.4. The van der Waals surface area contributed by atoms with Gasteiger partial charge < -0.3 is 10.6 Å². The van der Waals surface area contributed by atoms with Gasteiger partial charge in [-0.3, -0.25) is 4.79 Å². The van der Waals surface area contributed by atoms with Crippen LogP contribution in [0.3, 0.4) is 0 Å². The zero-order chi connectivity index (χ0) is 18.7. The molecule has 0 spiro atoms. The lowest BCUT2D eigenvalue weighted by Crippen LogP contribution is -2.23. The Kier molecular flexibility index (Phi) is 5.17. The van der Waals surface area contributed by atoms with E-state index >= 15 is 0 Å². The SMILES string of the molecule is Cc1cc(C)nc(Nc2nc(C(=O)NCc3ccc(F)cc3F)cs2)n1. The second-order valence-electron chi connectivity index (χ2n) is 5.56. The van der Waals surface area contributed by atoms with Gasteiger partial charge in [-0.2, -0.15) is 0 Å². The Balaban J connectivity index is 1.64. The molecule has 0 aliphatic carbocycles. The minimum atomic E-state index is -0.710. The molecule has 0 radical (unpaired) electrons. The minimum absolute atomic E-state index is 0.0641. The van der Waals surface area contributed by atoms with Crippen LogP contribution in [0, 0.1) is 25.5 Å². The summed E-state index contributed by atoms with van der Waals surface area (Å²) in [6, 6.07) is 5.05. The Morgan fingerprint density at radius 2 is 1.85 bits per heavy atom. The summed E-state index contributed by atoms with van der Waals surface area (Å²) in [6.07, 6.45) is 0. The number of carbonyl (C=O) groups excluding carboxylic acids is 1. The van der Waals surface area contributed by atoms with E-state index in [0.29, 0.717) is 11.1 Å². The molecule has 0 saturated carbocycles. The third-order valence-electron chi connectivity index (χ3n) is 3.39. The molecule has 1 amide bonds. The summed E-state index contributed by atoms with van der Waals surface area (Å²) in [5.41, 5.74) is 2.01. The average molecular weight is 375 g/mol. The van der Waals surface area contributed by atoms with Crippen LogP contribution in [0.4, 0.5) is 19.9 Å². The predicted octanol–water partition coefficient (Wildman–Crippen LogP) is 3.50. The van der Waals surface area contributed by atoms with E-state index in [1.54, 1.807) is 5.38 Å². The molecule has 0 fully saturated rings. The van der Waals surface area contributed by atoms with E-state index in [-0.39, 0.29) is 17.8 Å². The average Bonchev–Trinajstić information content (AvgIpc) is 3.01. The second kappa shape index (κ2) is 7.52. The fourth-order valence-corrected chi connectivity index (χ4v) is 2.93. The first-order valence-electron chi connectivity index (χ1n) is 7.67. The molecule has 0 aliphatic rings. The minimum Gasteiger partial charge on any atom is -0.346 e. The Morgan fingerprint density at radius 1 is 1.12 bits per heavy atom. The van der Waals surface area contributed by atoms with Gasteiger partial charge in [0.1, 0.15) is 17.3 Å². The van der Waals surface area contributed by atoms with Gasteiger partial charge in [0.2, 0.25) is 5.95 Å². The first-order valence-corrected chi connectivity index (χ1v) is 8.55. The normalized spacial score (nSPS) is 10.6. The molecule has 2 N–H and O–H groups in total. The number of carbonyl (C=O) groups is 1. The molecule has 6 nitrogen and oxygen atoms in total. The summed E-state index contributed by atoms with van der Waals surface area (Å²) in [7, 11) is 0. The van der Waals surface area contributed by atoms with Crippen molar-refractivity contribution in [2.24, 2.45) is 0 Å². The van der Waals surface area contributed by atoms with E-state index in [1.807, 2.05) is 19.9 Å². The molecule has 2 aromatic heterocycles. The highest BCUT2D eigenvalue weighted by Crippen LogP contribution is 2.19. The van der Waals surface area contributed by atoms with Gasteiger partial charge in [0.05, 0.1) is 0 Å². The van der Waals surface area contributed by atoms with Crippen LogP contribution in [-0.4, -0.2) is 20.9 Å². The van der Waals surface area contributed by atoms with Crippen LogP contribution < -0.4 is 10.6 Å². The number of benzene rings is 1. The number of hydrogen-bond donors (Lipinski definition) is 2. The Morgan fingerprint density at radius 3 is 2.54 bits per heavy atom. The molecule has 26 heavy (non-hydrogen) atoms. The zero-order valence-corrected chi connectivity index (χ0v) is 14.8. The molecule has 3 rings (SSSR count). The number of hydrogen-bond acceptors (Lipinski definition) is 6. The van der Waals surface area contributed by atoms with Crippen LogP contribution in [0.1, 0.15) is 27.4 Å². The highest BCUT2D eigenvalue weighted by molar-refractivity contribution is 7.14. The maximum Gasteiger partial charge on any atom is 0.271 e. The van der Waals surface area contributed by atoms with Gasteiger partial charge in [0.15, 0.2) is 5.13 Å². The molecular weight excluding hydrogens is 360 g/mol. The summed E-state index contributed by atoms with van der Waals surface area (Å²) >= 11 is 1.22. The lowest BCUT2D eigenvalue weighted by Gasteiger charge is -2.05. The van der Waals surface area contributed by atoms with E-state index in [4.69, 9.17) is 0 Å². The van der Waals surface area contributed by atoms with Crippen LogP contribution in [-0.2, 0) is 6.54 Å². The summed E-state index contributed by atoms with van der Waals surface area (Å²) in [4.78, 5) is 24.8. The maximum atomic E-state index is 13.6. The number of thiazole rings is 1. The lowest BCUT2D eigenvalue weighted by atomic mass is 10.2. The fraction of sp³-hybridized carbons (Fsp3) is 0.176. The number of rotatable bonds is 5. The summed E-state index contributed by atoms with van der Waals surface area (Å²) in [5.74, 6) is -1.43. The van der Waals surface area contributed by atoms with Crippen LogP contribution >= 0.6 is 11.3 Å². The number of anilines is 2. The quantitative estimate of drug-likeness (QED) is 0.713. The van der Waals surface area contributed by atoms with Crippen molar-refractivity contribution in [1.29, 1.82) is 0 Å². The van der Waals surface area contributed by atoms with Crippen LogP contribution in [0.5, 0.6) is 0 Å². The number of aromatic nitrogens is 3. The molecule has 0 atom stereocenters. The van der Waals surface area contributed by atoms with Crippen molar-refractivity contribution < 1.29 is 13.6 Å². The van der Waals surface area contributed by atoms with Crippen molar-refractivity contribution in [3.63, 3.8) is 0 Å². The van der Waals surface area contributed by atoms with Gasteiger partial charge >= 0.3 is 0 Å². The van der Waals surface area contributed by atoms with E-state index in [1.165, 1.54) is 17.4 Å². The van der Waals surface area contributed by atoms with Gasteiger partial charge in [-0.05, 0) is 26.0 Å². The Hall–Kier alpha value is -2.94. The molecule has 9 heteroatoms. The first kappa shape index (κ1) is 17.9. The van der Waals surface area contributed by atoms with E-state index in [0.717, 1.165) is 23.5 Å². The van der Waals surface area contributed by atoms with Crippen molar-refractivity contribution in [2.45, 2.75) is 20.4 Å². The highest BCUT2D eigenvalue weighted by atomic mass is 32.1. The number of amides is 1. The van der Waals surface area contributed by atoms with Crippen molar-refractivity contribution in [2.75, 3.05) is 5.32 Å².